The first-order valence-electron chi connectivity index (χ1n) is 6.50. The third kappa shape index (κ3) is 1.42. The second-order valence-corrected chi connectivity index (χ2v) is 14.2. The van der Waals surface area contributed by atoms with Gasteiger partial charge in [0.05, 0.1) is 0 Å². The molecule has 15 heavy (non-hydrogen) atoms. The summed E-state index contributed by atoms with van der Waals surface area (Å²) in [4.78, 5) is 11.0. The molecule has 4 saturated carbocycles. The third-order valence-corrected chi connectivity index (χ3v) is 9.46. The van der Waals surface area contributed by atoms with Crippen molar-refractivity contribution in [2.45, 2.75) is 43.7 Å². The molecule has 0 saturated heterocycles. The van der Waals surface area contributed by atoms with Crippen LogP contribution in [-0.4, -0.2) is 30.0 Å². The Morgan fingerprint density at radius 2 is 1.20 bits per heavy atom. The van der Waals surface area contributed by atoms with Gasteiger partial charge in [-0.3, -0.25) is 0 Å². The number of hydrogen-bond donors (Lipinski definition) is 1. The Hall–Kier alpha value is 0.390. The minimum absolute atomic E-state index is 0.361. The van der Waals surface area contributed by atoms with Crippen LogP contribution in [0.5, 0.6) is 0 Å². The molecule has 0 aliphatic heterocycles. The fourth-order valence-corrected chi connectivity index (χ4v) is 7.67. The van der Waals surface area contributed by atoms with E-state index >= 15 is 0 Å². The molecule has 0 spiro atoms. The first kappa shape index (κ1) is 10.5. The van der Waals surface area contributed by atoms with Crippen molar-refractivity contribution < 1.29 is 4.89 Å². The topological polar surface area (TPSA) is 20.2 Å². The quantitative estimate of drug-likeness (QED) is 0.683. The van der Waals surface area contributed by atoms with E-state index in [1.807, 2.05) is 0 Å². The summed E-state index contributed by atoms with van der Waals surface area (Å²) in [6, 6.07) is 0. The van der Waals surface area contributed by atoms with Crippen molar-refractivity contribution in [2.24, 2.45) is 17.8 Å². The van der Waals surface area contributed by atoms with Crippen molar-refractivity contribution in [3.8, 4) is 0 Å². The average Bonchev–Trinajstić information content (AvgIpc) is 1.96. The fraction of sp³-hybridized carbons (Fsp3) is 1.00. The van der Waals surface area contributed by atoms with Gasteiger partial charge < -0.3 is 0 Å². The molecule has 0 atom stereocenters. The zero-order valence-corrected chi connectivity index (χ0v) is 11.3. The Balaban J connectivity index is 2.00. The summed E-state index contributed by atoms with van der Waals surface area (Å²) in [5.41, 5.74) is 0. The van der Waals surface area contributed by atoms with Gasteiger partial charge in [0.25, 0.3) is 0 Å². The Kier molecular flexibility index (Phi) is 1.84. The van der Waals surface area contributed by atoms with Crippen LogP contribution in [0.4, 0.5) is 0 Å². The molecule has 0 radical (unpaired) electrons. The van der Waals surface area contributed by atoms with Crippen molar-refractivity contribution in [2.75, 3.05) is 20.0 Å². The van der Waals surface area contributed by atoms with E-state index in [1.165, 1.54) is 38.5 Å². The molecule has 1 nitrogen and oxygen atoms in total. The fourth-order valence-electron chi connectivity index (χ4n) is 5.01. The standard InChI is InChI=1S/C13H25OP/c1-15(2,3,14)13-7-10-4-11(8-13)6-12(5-10)9-13/h10-12,14H,4-9H2,1-3H3. The summed E-state index contributed by atoms with van der Waals surface area (Å²) in [7, 11) is 0. The van der Waals surface area contributed by atoms with Crippen LogP contribution in [0.3, 0.4) is 0 Å². The summed E-state index contributed by atoms with van der Waals surface area (Å²) in [5.74, 6) is 2.89. The molecule has 0 aromatic rings. The molecule has 4 rings (SSSR count). The first-order chi connectivity index (χ1) is 6.75. The summed E-state index contributed by atoms with van der Waals surface area (Å²) in [5, 5.41) is 0.361. The van der Waals surface area contributed by atoms with E-state index in [9.17, 15) is 4.89 Å². The van der Waals surface area contributed by atoms with Gasteiger partial charge in [-0.25, -0.2) is 0 Å². The van der Waals surface area contributed by atoms with Gasteiger partial charge in [-0.15, -0.1) is 0 Å². The molecule has 88 valence electrons. The third-order valence-electron chi connectivity index (χ3n) is 5.64. The maximum absolute atomic E-state index is 11.0. The van der Waals surface area contributed by atoms with Crippen LogP contribution in [0.25, 0.3) is 0 Å². The summed E-state index contributed by atoms with van der Waals surface area (Å²) in [6.45, 7) is 4.20. The van der Waals surface area contributed by atoms with Gasteiger partial charge >= 0.3 is 93.2 Å². The van der Waals surface area contributed by atoms with E-state index in [1.54, 1.807) is 0 Å². The van der Waals surface area contributed by atoms with Crippen molar-refractivity contribution in [3.05, 3.63) is 0 Å². The van der Waals surface area contributed by atoms with Gasteiger partial charge in [-0.1, -0.05) is 0 Å². The van der Waals surface area contributed by atoms with Crippen molar-refractivity contribution in [3.63, 3.8) is 0 Å². The molecule has 0 aromatic heterocycles. The van der Waals surface area contributed by atoms with Gasteiger partial charge in [0.2, 0.25) is 0 Å². The van der Waals surface area contributed by atoms with Crippen LogP contribution in [-0.2, 0) is 0 Å². The molecule has 0 unspecified atom stereocenters. The van der Waals surface area contributed by atoms with E-state index in [4.69, 9.17) is 0 Å². The number of hydrogen-bond acceptors (Lipinski definition) is 1. The van der Waals surface area contributed by atoms with Crippen LogP contribution < -0.4 is 0 Å². The molecular weight excluding hydrogens is 203 g/mol. The molecular formula is C13H25OP. The average molecular weight is 228 g/mol. The van der Waals surface area contributed by atoms with Gasteiger partial charge in [0.1, 0.15) is 0 Å². The normalized spacial score (nSPS) is 51.5. The summed E-state index contributed by atoms with van der Waals surface area (Å²) < 4.78 is 0. The van der Waals surface area contributed by atoms with Crippen LogP contribution >= 0.6 is 6.83 Å². The molecule has 4 aliphatic carbocycles. The van der Waals surface area contributed by atoms with Crippen LogP contribution in [0.15, 0.2) is 0 Å². The molecule has 4 bridgehead atoms. The van der Waals surface area contributed by atoms with E-state index in [-0.39, 0.29) is 0 Å². The first-order valence-corrected chi connectivity index (χ1v) is 10.0. The second-order valence-electron chi connectivity index (χ2n) is 7.85. The van der Waals surface area contributed by atoms with Crippen molar-refractivity contribution >= 4 is 6.83 Å². The zero-order valence-electron chi connectivity index (χ0n) is 10.4. The monoisotopic (exact) mass is 228 g/mol. The molecule has 0 heterocycles. The van der Waals surface area contributed by atoms with Crippen molar-refractivity contribution in [1.82, 2.24) is 0 Å². The zero-order chi connectivity index (χ0) is 10.9. The SMILES string of the molecule is CP(C)(C)(O)C12CC3CC(CC(C3)C1)C2. The Bertz CT molecular complexity index is 255. The maximum atomic E-state index is 11.0. The number of rotatable bonds is 1. The van der Waals surface area contributed by atoms with E-state index in [0.29, 0.717) is 5.16 Å². The Labute approximate surface area is 93.7 Å². The van der Waals surface area contributed by atoms with Crippen LogP contribution in [0.2, 0.25) is 0 Å². The van der Waals surface area contributed by atoms with E-state index in [0.717, 1.165) is 17.8 Å². The predicted octanol–water partition coefficient (Wildman–Crippen LogP) is 3.31. The molecule has 2 heteroatoms. The van der Waals surface area contributed by atoms with Gasteiger partial charge in [0, 0.05) is 0 Å². The Morgan fingerprint density at radius 1 is 0.867 bits per heavy atom. The van der Waals surface area contributed by atoms with Gasteiger partial charge in [0.15, 0.2) is 0 Å². The minimum atomic E-state index is -2.38. The Morgan fingerprint density at radius 3 is 1.47 bits per heavy atom. The summed E-state index contributed by atoms with van der Waals surface area (Å²) in [6.07, 6.45) is 8.47. The van der Waals surface area contributed by atoms with Gasteiger partial charge in [-0.2, -0.15) is 0 Å². The van der Waals surface area contributed by atoms with Crippen LogP contribution in [0.1, 0.15) is 38.5 Å². The molecule has 0 aromatic carbocycles. The van der Waals surface area contributed by atoms with Crippen molar-refractivity contribution in [1.29, 1.82) is 0 Å². The molecule has 4 aliphatic rings. The summed E-state index contributed by atoms with van der Waals surface area (Å²) >= 11 is 0. The van der Waals surface area contributed by atoms with E-state index < -0.39 is 6.83 Å². The molecule has 1 N–H and O–H groups in total. The second kappa shape index (κ2) is 2.62. The molecule has 0 amide bonds. The van der Waals surface area contributed by atoms with E-state index in [2.05, 4.69) is 20.0 Å². The molecule has 4 fully saturated rings. The van der Waals surface area contributed by atoms with Gasteiger partial charge in [-0.05, 0) is 0 Å². The predicted molar refractivity (Wildman–Crippen MR) is 67.8 cm³/mol. The van der Waals surface area contributed by atoms with Crippen LogP contribution in [0, 0.1) is 17.8 Å².